The molecule has 0 unspecified atom stereocenters. The van der Waals surface area contributed by atoms with Crippen LogP contribution in [0.15, 0.2) is 36.4 Å². The van der Waals surface area contributed by atoms with Crippen LogP contribution in [0.1, 0.15) is 21.5 Å². The fourth-order valence-corrected chi connectivity index (χ4v) is 2.57. The lowest BCUT2D eigenvalue weighted by Gasteiger charge is -2.18. The zero-order valence-electron chi connectivity index (χ0n) is 12.3. The highest BCUT2D eigenvalue weighted by molar-refractivity contribution is 5.97. The van der Waals surface area contributed by atoms with Gasteiger partial charge in [0.15, 0.2) is 11.6 Å². The number of carbonyl (C=O) groups is 1. The number of halogens is 1. The number of hydrogen-bond acceptors (Lipinski definition) is 3. The number of ether oxygens (including phenoxy) is 1. The largest absolute Gasteiger partial charge is 0.494 e. The zero-order valence-corrected chi connectivity index (χ0v) is 12.3. The first kappa shape index (κ1) is 14.4. The topological polar surface area (TPSA) is 50.4 Å². The minimum Gasteiger partial charge on any atom is -0.494 e. The number of carbonyl (C=O) groups excluding carboxylic acids is 1. The maximum Gasteiger partial charge on any atom is 0.251 e. The van der Waals surface area contributed by atoms with Crippen LogP contribution in [0.2, 0.25) is 0 Å². The van der Waals surface area contributed by atoms with Crippen molar-refractivity contribution in [2.75, 3.05) is 19.0 Å². The molecule has 1 amide bonds. The average molecular weight is 300 g/mol. The molecule has 114 valence electrons. The summed E-state index contributed by atoms with van der Waals surface area (Å²) in [7, 11) is 1.44. The van der Waals surface area contributed by atoms with E-state index in [2.05, 4.69) is 10.6 Å². The van der Waals surface area contributed by atoms with Gasteiger partial charge in [0.2, 0.25) is 0 Å². The maximum absolute atomic E-state index is 14.1. The Labute approximate surface area is 128 Å². The van der Waals surface area contributed by atoms with Gasteiger partial charge in [0, 0.05) is 29.9 Å². The van der Waals surface area contributed by atoms with Gasteiger partial charge >= 0.3 is 0 Å². The Morgan fingerprint density at radius 1 is 1.32 bits per heavy atom. The smallest absolute Gasteiger partial charge is 0.251 e. The Morgan fingerprint density at radius 2 is 2.18 bits per heavy atom. The molecular formula is C17H17FN2O2. The third-order valence-corrected chi connectivity index (χ3v) is 3.78. The molecule has 0 saturated carbocycles. The summed E-state index contributed by atoms with van der Waals surface area (Å²) in [5.74, 6) is -0.199. The summed E-state index contributed by atoms with van der Waals surface area (Å²) in [6, 6.07) is 10.7. The third kappa shape index (κ3) is 2.74. The molecule has 0 aliphatic carbocycles. The van der Waals surface area contributed by atoms with E-state index in [1.165, 1.54) is 7.11 Å². The fraction of sp³-hybridized carbons (Fsp3) is 0.235. The number of rotatable bonds is 4. The number of hydrogen-bond donors (Lipinski definition) is 2. The molecule has 2 aromatic rings. The molecule has 1 aliphatic rings. The first-order valence-electron chi connectivity index (χ1n) is 7.15. The van der Waals surface area contributed by atoms with E-state index in [9.17, 15) is 9.18 Å². The lowest BCUT2D eigenvalue weighted by molar-refractivity contribution is 0.0946. The molecule has 1 heterocycles. The second kappa shape index (κ2) is 6.05. The number of methoxy groups -OCH3 is 1. The number of fused-ring (bicyclic) bond motifs is 1. The molecule has 2 aromatic carbocycles. The SMILES string of the molecule is COc1cccc(CNc2ccc3c(c2)C(=O)NCC3)c1F. The van der Waals surface area contributed by atoms with Crippen LogP contribution in [0, 0.1) is 5.82 Å². The van der Waals surface area contributed by atoms with Crippen LogP contribution in [0.4, 0.5) is 10.1 Å². The van der Waals surface area contributed by atoms with E-state index in [1.54, 1.807) is 18.2 Å². The first-order valence-corrected chi connectivity index (χ1v) is 7.15. The lowest BCUT2D eigenvalue weighted by Crippen LogP contribution is -2.31. The average Bonchev–Trinajstić information content (AvgIpc) is 2.54. The summed E-state index contributed by atoms with van der Waals surface area (Å²) < 4.78 is 19.1. The van der Waals surface area contributed by atoms with E-state index in [-0.39, 0.29) is 17.5 Å². The molecule has 0 aromatic heterocycles. The fourth-order valence-electron chi connectivity index (χ4n) is 2.57. The normalized spacial score (nSPS) is 13.3. The predicted molar refractivity (Wildman–Crippen MR) is 82.8 cm³/mol. The van der Waals surface area contributed by atoms with Crippen LogP contribution < -0.4 is 15.4 Å². The minimum absolute atomic E-state index is 0.0579. The van der Waals surface area contributed by atoms with Crippen molar-refractivity contribution in [3.8, 4) is 5.75 Å². The van der Waals surface area contributed by atoms with Gasteiger partial charge in [0.25, 0.3) is 5.91 Å². The zero-order chi connectivity index (χ0) is 15.5. The minimum atomic E-state index is -0.367. The van der Waals surface area contributed by atoms with Gasteiger partial charge in [-0.15, -0.1) is 0 Å². The molecule has 0 bridgehead atoms. The third-order valence-electron chi connectivity index (χ3n) is 3.78. The summed E-state index contributed by atoms with van der Waals surface area (Å²) in [5, 5.41) is 5.97. The summed E-state index contributed by atoms with van der Waals surface area (Å²) in [6.45, 7) is 0.997. The van der Waals surface area contributed by atoms with E-state index in [1.807, 2.05) is 18.2 Å². The summed E-state index contributed by atoms with van der Waals surface area (Å²) in [5.41, 5.74) is 3.03. The maximum atomic E-state index is 14.1. The van der Waals surface area contributed by atoms with Crippen molar-refractivity contribution < 1.29 is 13.9 Å². The van der Waals surface area contributed by atoms with Gasteiger partial charge in [-0.3, -0.25) is 4.79 Å². The molecule has 22 heavy (non-hydrogen) atoms. The number of benzene rings is 2. The number of amides is 1. The Hall–Kier alpha value is -2.56. The second-order valence-corrected chi connectivity index (χ2v) is 5.16. The van der Waals surface area contributed by atoms with Crippen molar-refractivity contribution in [3.63, 3.8) is 0 Å². The monoisotopic (exact) mass is 300 g/mol. The van der Waals surface area contributed by atoms with Crippen molar-refractivity contribution in [3.05, 3.63) is 58.9 Å². The summed E-state index contributed by atoms with van der Waals surface area (Å²) >= 11 is 0. The molecular weight excluding hydrogens is 283 g/mol. The van der Waals surface area contributed by atoms with Crippen LogP contribution >= 0.6 is 0 Å². The van der Waals surface area contributed by atoms with E-state index in [0.29, 0.717) is 24.2 Å². The molecule has 0 saturated heterocycles. The van der Waals surface area contributed by atoms with E-state index >= 15 is 0 Å². The predicted octanol–water partition coefficient (Wildman–Crippen LogP) is 2.73. The Kier molecular flexibility index (Phi) is 3.96. The molecule has 0 atom stereocenters. The van der Waals surface area contributed by atoms with Crippen LogP contribution in [0.5, 0.6) is 5.75 Å². The van der Waals surface area contributed by atoms with Crippen LogP contribution in [-0.4, -0.2) is 19.6 Å². The van der Waals surface area contributed by atoms with Gasteiger partial charge in [-0.05, 0) is 30.2 Å². The van der Waals surface area contributed by atoms with E-state index in [0.717, 1.165) is 17.7 Å². The van der Waals surface area contributed by atoms with Gasteiger partial charge in [-0.1, -0.05) is 18.2 Å². The highest BCUT2D eigenvalue weighted by Crippen LogP contribution is 2.22. The van der Waals surface area contributed by atoms with Gasteiger partial charge in [-0.2, -0.15) is 0 Å². The number of anilines is 1. The molecule has 0 spiro atoms. The standard InChI is InChI=1S/C17H17FN2O2/c1-22-15-4-2-3-12(16(15)18)10-20-13-6-5-11-7-8-19-17(21)14(11)9-13/h2-6,9,20H,7-8,10H2,1H3,(H,19,21). The summed E-state index contributed by atoms with van der Waals surface area (Å²) in [4.78, 5) is 11.8. The van der Waals surface area contributed by atoms with Gasteiger partial charge in [0.1, 0.15) is 0 Å². The Morgan fingerprint density at radius 3 is 3.00 bits per heavy atom. The van der Waals surface area contributed by atoms with E-state index < -0.39 is 0 Å². The van der Waals surface area contributed by atoms with Gasteiger partial charge in [-0.25, -0.2) is 4.39 Å². The molecule has 0 radical (unpaired) electrons. The Bertz CT molecular complexity index is 716. The molecule has 4 nitrogen and oxygen atoms in total. The lowest BCUT2D eigenvalue weighted by atomic mass is 10.00. The quantitative estimate of drug-likeness (QED) is 0.913. The van der Waals surface area contributed by atoms with Crippen molar-refractivity contribution in [2.24, 2.45) is 0 Å². The van der Waals surface area contributed by atoms with Gasteiger partial charge in [0.05, 0.1) is 7.11 Å². The van der Waals surface area contributed by atoms with Crippen LogP contribution in [0.25, 0.3) is 0 Å². The summed E-state index contributed by atoms with van der Waals surface area (Å²) in [6.07, 6.45) is 0.839. The Balaban J connectivity index is 1.77. The first-order chi connectivity index (χ1) is 10.7. The second-order valence-electron chi connectivity index (χ2n) is 5.16. The van der Waals surface area contributed by atoms with Crippen molar-refractivity contribution in [2.45, 2.75) is 13.0 Å². The molecule has 2 N–H and O–H groups in total. The highest BCUT2D eigenvalue weighted by Gasteiger charge is 2.16. The van der Waals surface area contributed by atoms with Crippen molar-refractivity contribution in [1.29, 1.82) is 0 Å². The van der Waals surface area contributed by atoms with Gasteiger partial charge < -0.3 is 15.4 Å². The van der Waals surface area contributed by atoms with E-state index in [4.69, 9.17) is 4.74 Å². The van der Waals surface area contributed by atoms with Crippen LogP contribution in [0.3, 0.4) is 0 Å². The van der Waals surface area contributed by atoms with Crippen LogP contribution in [-0.2, 0) is 13.0 Å². The molecule has 3 rings (SSSR count). The number of nitrogens with one attached hydrogen (secondary N) is 2. The molecule has 1 aliphatic heterocycles. The molecule has 0 fully saturated rings. The van der Waals surface area contributed by atoms with Crippen molar-refractivity contribution in [1.82, 2.24) is 5.32 Å². The highest BCUT2D eigenvalue weighted by atomic mass is 19.1. The molecule has 5 heteroatoms. The van der Waals surface area contributed by atoms with Crippen molar-refractivity contribution >= 4 is 11.6 Å².